The number of para-hydroxylation sites is 1. The predicted molar refractivity (Wildman–Crippen MR) is 217 cm³/mol. The van der Waals surface area contributed by atoms with Crippen molar-refractivity contribution in [1.82, 2.24) is 4.57 Å². The van der Waals surface area contributed by atoms with Gasteiger partial charge in [-0.25, -0.2) is 0 Å². The van der Waals surface area contributed by atoms with Crippen molar-refractivity contribution >= 4 is 22.7 Å². The molecule has 2 aliphatic heterocycles. The van der Waals surface area contributed by atoms with Gasteiger partial charge in [0.1, 0.15) is 0 Å². The molecule has 3 heterocycles. The summed E-state index contributed by atoms with van der Waals surface area (Å²) >= 11 is 0. The Morgan fingerprint density at radius 3 is 2.57 bits per heavy atom. The number of benzene rings is 1. The molecule has 2 saturated heterocycles. The molecule has 9 unspecified atom stereocenters. The second kappa shape index (κ2) is 12.3. The third-order valence-electron chi connectivity index (χ3n) is 14.1. The Morgan fingerprint density at radius 1 is 0.774 bits per heavy atom. The number of hydrogen-bond acceptors (Lipinski definition) is 2. The highest BCUT2D eigenvalue weighted by Crippen LogP contribution is 2.67. The maximum atomic E-state index is 7.44. The zero-order chi connectivity index (χ0) is 35.1. The van der Waals surface area contributed by atoms with E-state index in [0.717, 1.165) is 32.1 Å². The van der Waals surface area contributed by atoms with Gasteiger partial charge in [0.05, 0.1) is 29.4 Å². The van der Waals surface area contributed by atoms with E-state index in [2.05, 4.69) is 151 Å². The highest BCUT2D eigenvalue weighted by atomic mass is 16.5. The summed E-state index contributed by atoms with van der Waals surface area (Å²) in [5.41, 5.74) is 10.7. The van der Waals surface area contributed by atoms with Crippen LogP contribution in [0, 0.1) is 29.1 Å². The standard InChI is InChI=1S/C50H49NO2/c1-49-30-13-12-25-47(49)50(40-21-9-11-24-45(40)52-48-37(20-14-22-42(48)50)33-15-4-2-5-16-33)41-29-27-35(32-46(41)53-49)34-26-28-39-38-19-8-10-23-43(38)51(44(39)31-34)36-17-6-3-7-18-36/h2,4,8-15,17,19-29,32,34,40-42,45-46,48H,3,5-7,16,18,30-31H2,1H3. The number of nitrogens with zero attached hydrogens (tertiary/aromatic N) is 1. The summed E-state index contributed by atoms with van der Waals surface area (Å²) in [5.74, 6) is 0.841. The minimum Gasteiger partial charge on any atom is -0.365 e. The number of allylic oxidation sites excluding steroid dienone is 14. The summed E-state index contributed by atoms with van der Waals surface area (Å²) in [6.45, 7) is 2.37. The third kappa shape index (κ3) is 4.72. The molecular weight excluding hydrogens is 647 g/mol. The highest BCUT2D eigenvalue weighted by Gasteiger charge is 2.67. The molecule has 3 nitrogen and oxygen atoms in total. The zero-order valence-corrected chi connectivity index (χ0v) is 30.7. The van der Waals surface area contributed by atoms with Crippen LogP contribution in [0.25, 0.3) is 22.7 Å². The van der Waals surface area contributed by atoms with Crippen molar-refractivity contribution in [3.8, 4) is 0 Å². The van der Waals surface area contributed by atoms with Crippen LogP contribution in [0.4, 0.5) is 0 Å². The Balaban J connectivity index is 1.02. The van der Waals surface area contributed by atoms with Gasteiger partial charge in [-0.3, -0.25) is 0 Å². The van der Waals surface area contributed by atoms with E-state index in [9.17, 15) is 0 Å². The fraction of sp³-hybridized carbons (Fsp3) is 0.360. The highest BCUT2D eigenvalue weighted by molar-refractivity contribution is 5.94. The summed E-state index contributed by atoms with van der Waals surface area (Å²) < 4.78 is 17.3. The Hall–Kier alpha value is -4.44. The molecule has 266 valence electrons. The normalized spacial score (nSPS) is 37.5. The second-order valence-corrected chi connectivity index (χ2v) is 16.8. The van der Waals surface area contributed by atoms with Gasteiger partial charge in [0.25, 0.3) is 0 Å². The largest absolute Gasteiger partial charge is 0.365 e. The van der Waals surface area contributed by atoms with Crippen molar-refractivity contribution < 1.29 is 9.47 Å². The molecule has 7 aliphatic carbocycles. The molecule has 11 rings (SSSR count). The number of hydrogen-bond donors (Lipinski definition) is 0. The molecule has 1 spiro atoms. The first kappa shape index (κ1) is 32.0. The zero-order valence-electron chi connectivity index (χ0n) is 30.7. The number of fused-ring (bicyclic) bond motifs is 11. The van der Waals surface area contributed by atoms with Crippen LogP contribution in [0.3, 0.4) is 0 Å². The Bertz CT molecular complexity index is 2270. The van der Waals surface area contributed by atoms with E-state index in [1.165, 1.54) is 69.4 Å². The van der Waals surface area contributed by atoms with Crippen LogP contribution in [-0.4, -0.2) is 28.5 Å². The molecule has 2 aromatic rings. The van der Waals surface area contributed by atoms with Gasteiger partial charge in [0, 0.05) is 51.4 Å². The van der Waals surface area contributed by atoms with E-state index in [4.69, 9.17) is 9.47 Å². The van der Waals surface area contributed by atoms with Gasteiger partial charge in [0.15, 0.2) is 0 Å². The van der Waals surface area contributed by atoms with Crippen molar-refractivity contribution in [3.63, 3.8) is 0 Å². The lowest BCUT2D eigenvalue weighted by Gasteiger charge is -2.66. The van der Waals surface area contributed by atoms with Gasteiger partial charge in [-0.1, -0.05) is 134 Å². The molecule has 1 aromatic heterocycles. The van der Waals surface area contributed by atoms with Crippen LogP contribution in [-0.2, 0) is 15.9 Å². The molecule has 0 amide bonds. The molecule has 0 N–H and O–H groups in total. The first-order chi connectivity index (χ1) is 26.1. The number of aromatic nitrogens is 1. The monoisotopic (exact) mass is 695 g/mol. The minimum atomic E-state index is -0.401. The Labute approximate surface area is 314 Å². The van der Waals surface area contributed by atoms with Crippen LogP contribution >= 0.6 is 0 Å². The average Bonchev–Trinajstić information content (AvgIpc) is 3.54. The quantitative estimate of drug-likeness (QED) is 0.319. The van der Waals surface area contributed by atoms with Crippen molar-refractivity contribution in [2.24, 2.45) is 29.1 Å². The maximum Gasteiger partial charge on any atom is 0.0915 e. The molecule has 9 atom stereocenters. The minimum absolute atomic E-state index is 0.000162. The summed E-state index contributed by atoms with van der Waals surface area (Å²) in [6, 6.07) is 9.03. The van der Waals surface area contributed by atoms with E-state index in [-0.39, 0.29) is 41.5 Å². The molecular formula is C50H49NO2. The Morgan fingerprint density at radius 2 is 1.66 bits per heavy atom. The van der Waals surface area contributed by atoms with Crippen LogP contribution in [0.1, 0.15) is 63.1 Å². The van der Waals surface area contributed by atoms with Gasteiger partial charge < -0.3 is 14.0 Å². The molecule has 0 radical (unpaired) electrons. The lowest BCUT2D eigenvalue weighted by molar-refractivity contribution is -0.198. The van der Waals surface area contributed by atoms with Gasteiger partial charge >= 0.3 is 0 Å². The van der Waals surface area contributed by atoms with Crippen molar-refractivity contribution in [3.05, 3.63) is 167 Å². The molecule has 0 saturated carbocycles. The fourth-order valence-electron chi connectivity index (χ4n) is 11.9. The van der Waals surface area contributed by atoms with E-state index >= 15 is 0 Å². The molecule has 53 heavy (non-hydrogen) atoms. The van der Waals surface area contributed by atoms with E-state index in [1.54, 1.807) is 0 Å². The lowest BCUT2D eigenvalue weighted by Crippen LogP contribution is -2.67. The first-order valence-corrected chi connectivity index (χ1v) is 20.3. The molecule has 9 aliphatic rings. The van der Waals surface area contributed by atoms with Gasteiger partial charge in [-0.15, -0.1) is 0 Å². The smallest absolute Gasteiger partial charge is 0.0915 e. The second-order valence-electron chi connectivity index (χ2n) is 16.8. The van der Waals surface area contributed by atoms with Gasteiger partial charge in [-0.2, -0.15) is 0 Å². The van der Waals surface area contributed by atoms with Crippen molar-refractivity contribution in [2.75, 3.05) is 0 Å². The van der Waals surface area contributed by atoms with E-state index < -0.39 is 5.60 Å². The van der Waals surface area contributed by atoms with Crippen LogP contribution in [0.5, 0.6) is 0 Å². The summed E-state index contributed by atoms with van der Waals surface area (Å²) in [5, 5.41) is 1.37. The molecule has 2 fully saturated rings. The summed E-state index contributed by atoms with van der Waals surface area (Å²) in [7, 11) is 0. The van der Waals surface area contributed by atoms with Crippen LogP contribution < -0.4 is 0 Å². The third-order valence-corrected chi connectivity index (χ3v) is 14.1. The number of ether oxygens (including phenoxy) is 2. The van der Waals surface area contributed by atoms with Crippen LogP contribution in [0.15, 0.2) is 156 Å². The molecule has 1 aromatic carbocycles. The predicted octanol–water partition coefficient (Wildman–Crippen LogP) is 11.3. The number of rotatable bonds is 3. The molecule has 3 heteroatoms. The van der Waals surface area contributed by atoms with E-state index in [0.29, 0.717) is 5.92 Å². The van der Waals surface area contributed by atoms with Crippen LogP contribution in [0.2, 0.25) is 0 Å². The lowest BCUT2D eigenvalue weighted by atomic mass is 9.45. The fourth-order valence-corrected chi connectivity index (χ4v) is 11.9. The summed E-state index contributed by atoms with van der Waals surface area (Å²) in [6.07, 6.45) is 54.2. The maximum absolute atomic E-state index is 7.44. The van der Waals surface area contributed by atoms with Crippen molar-refractivity contribution in [2.45, 2.75) is 82.2 Å². The topological polar surface area (TPSA) is 23.4 Å². The van der Waals surface area contributed by atoms with E-state index in [1.807, 2.05) is 0 Å². The SMILES string of the molecule is CC12CC=CC=C1C1(C3C=CC=CC3OC3C(C4=CC=CCC4)=CC=CC31)C1C=CC(C3C=Cc4c(n(C5=CCCCC5)c5ccccc45)C3)=CC1O2. The van der Waals surface area contributed by atoms with Gasteiger partial charge in [0.2, 0.25) is 0 Å². The first-order valence-electron chi connectivity index (χ1n) is 20.3. The average molecular weight is 696 g/mol. The van der Waals surface area contributed by atoms with Crippen molar-refractivity contribution in [1.29, 1.82) is 0 Å². The molecule has 0 bridgehead atoms. The Kier molecular flexibility index (Phi) is 7.43. The van der Waals surface area contributed by atoms with Gasteiger partial charge in [-0.05, 0) is 86.6 Å². The summed E-state index contributed by atoms with van der Waals surface area (Å²) in [4.78, 5) is 0.